The van der Waals surface area contributed by atoms with Crippen LogP contribution in [0.4, 0.5) is 0 Å². The largest absolute Gasteiger partial charge is 0.243 e. The Morgan fingerprint density at radius 3 is 2.59 bits per heavy atom. The van der Waals surface area contributed by atoms with Gasteiger partial charge in [0.25, 0.3) is 0 Å². The van der Waals surface area contributed by atoms with E-state index in [0.29, 0.717) is 0 Å². The zero-order valence-electron chi connectivity index (χ0n) is 8.75. The molecular weight excluding hydrogens is 298 g/mol. The molecule has 0 aliphatic carbocycles. The van der Waals surface area contributed by atoms with Crippen LogP contribution in [-0.2, 0) is 0 Å². The predicted molar refractivity (Wildman–Crippen MR) is 72.4 cm³/mol. The maximum atomic E-state index is 4.34. The Kier molecular flexibility index (Phi) is 2.78. The van der Waals surface area contributed by atoms with Gasteiger partial charge < -0.3 is 0 Å². The van der Waals surface area contributed by atoms with Crippen molar-refractivity contribution in [2.45, 2.75) is 0 Å². The van der Waals surface area contributed by atoms with Gasteiger partial charge in [-0.25, -0.2) is 9.67 Å². The number of nitrogens with zero attached hydrogens (tertiary/aromatic N) is 3. The predicted octanol–water partition coefficient (Wildman–Crippen LogP) is 3.76. The van der Waals surface area contributed by atoms with E-state index in [2.05, 4.69) is 26.0 Å². The molecule has 0 fully saturated rings. The van der Waals surface area contributed by atoms with Crippen LogP contribution in [0, 0.1) is 0 Å². The molecule has 0 atom stereocenters. The molecule has 3 nitrogen and oxygen atoms in total. The van der Waals surface area contributed by atoms with E-state index in [9.17, 15) is 0 Å². The highest BCUT2D eigenvalue weighted by atomic mass is 79.9. The van der Waals surface area contributed by atoms with Gasteiger partial charge >= 0.3 is 0 Å². The van der Waals surface area contributed by atoms with Gasteiger partial charge in [-0.15, -0.1) is 11.3 Å². The van der Waals surface area contributed by atoms with E-state index in [4.69, 9.17) is 0 Å². The molecule has 0 radical (unpaired) electrons. The van der Waals surface area contributed by atoms with E-state index in [0.717, 1.165) is 20.9 Å². The van der Waals surface area contributed by atoms with Crippen molar-refractivity contribution in [1.82, 2.24) is 14.8 Å². The second-order valence-corrected chi connectivity index (χ2v) is 5.25. The van der Waals surface area contributed by atoms with Gasteiger partial charge in [-0.1, -0.05) is 15.9 Å². The third-order valence-electron chi connectivity index (χ3n) is 2.37. The highest BCUT2D eigenvalue weighted by molar-refractivity contribution is 9.10. The Morgan fingerprint density at radius 1 is 1.06 bits per heavy atom. The summed E-state index contributed by atoms with van der Waals surface area (Å²) >= 11 is 5.04. The lowest BCUT2D eigenvalue weighted by atomic mass is 10.3. The number of hydrogen-bond donors (Lipinski definition) is 0. The molecule has 0 aliphatic rings. The van der Waals surface area contributed by atoms with Crippen LogP contribution in [0.15, 0.2) is 52.6 Å². The quantitative estimate of drug-likeness (QED) is 0.722. The van der Waals surface area contributed by atoms with Crippen LogP contribution in [-0.4, -0.2) is 14.8 Å². The van der Waals surface area contributed by atoms with Crippen molar-refractivity contribution in [3.8, 4) is 16.4 Å². The highest BCUT2D eigenvalue weighted by Crippen LogP contribution is 2.24. The molecule has 3 aromatic rings. The Balaban J connectivity index is 2.10. The molecule has 0 amide bonds. The molecule has 0 bridgehead atoms. The Labute approximate surface area is 111 Å². The molecule has 0 aliphatic heterocycles. The lowest BCUT2D eigenvalue weighted by Gasteiger charge is -2.05. The summed E-state index contributed by atoms with van der Waals surface area (Å²) in [5.41, 5.74) is 2.05. The van der Waals surface area contributed by atoms with Crippen molar-refractivity contribution in [2.75, 3.05) is 0 Å². The van der Waals surface area contributed by atoms with Gasteiger partial charge in [0.15, 0.2) is 0 Å². The number of rotatable bonds is 2. The molecule has 2 heterocycles. The average molecular weight is 306 g/mol. The van der Waals surface area contributed by atoms with Crippen molar-refractivity contribution in [1.29, 1.82) is 0 Å². The van der Waals surface area contributed by atoms with E-state index >= 15 is 0 Å². The first kappa shape index (κ1) is 10.7. The van der Waals surface area contributed by atoms with Gasteiger partial charge in [-0.3, -0.25) is 0 Å². The second-order valence-electron chi connectivity index (χ2n) is 3.44. The highest BCUT2D eigenvalue weighted by Gasteiger charge is 2.08. The van der Waals surface area contributed by atoms with Crippen LogP contribution in [0.25, 0.3) is 16.4 Å². The smallest absolute Gasteiger partial charge is 0.141 e. The minimum absolute atomic E-state index is 0.977. The molecule has 17 heavy (non-hydrogen) atoms. The summed E-state index contributed by atoms with van der Waals surface area (Å²) in [5, 5.41) is 7.28. The molecule has 84 valence electrons. The SMILES string of the molecule is Brc1ccc(-n2nccc2-c2nccs2)cc1. The lowest BCUT2D eigenvalue weighted by molar-refractivity contribution is 0.886. The summed E-state index contributed by atoms with van der Waals surface area (Å²) in [6, 6.07) is 10.0. The van der Waals surface area contributed by atoms with Crippen LogP contribution in [0.5, 0.6) is 0 Å². The fourth-order valence-corrected chi connectivity index (χ4v) is 2.52. The van der Waals surface area contributed by atoms with Gasteiger partial charge in [-0.2, -0.15) is 5.10 Å². The number of benzene rings is 1. The van der Waals surface area contributed by atoms with Gasteiger partial charge in [0.05, 0.1) is 11.9 Å². The topological polar surface area (TPSA) is 30.7 Å². The van der Waals surface area contributed by atoms with Crippen molar-refractivity contribution in [3.63, 3.8) is 0 Å². The number of thiazole rings is 1. The summed E-state index contributed by atoms with van der Waals surface area (Å²) in [4.78, 5) is 4.31. The molecule has 0 N–H and O–H groups in total. The standard InChI is InChI=1S/C12H8BrN3S/c13-9-1-3-10(4-2-9)16-11(5-6-15-16)12-14-7-8-17-12/h1-8H. The third kappa shape index (κ3) is 2.03. The van der Waals surface area contributed by atoms with Crippen LogP contribution in [0.3, 0.4) is 0 Å². The van der Waals surface area contributed by atoms with Crippen molar-refractivity contribution >= 4 is 27.3 Å². The Hall–Kier alpha value is -1.46. The fourth-order valence-electron chi connectivity index (χ4n) is 1.60. The first-order valence-electron chi connectivity index (χ1n) is 5.04. The molecule has 3 rings (SSSR count). The zero-order valence-corrected chi connectivity index (χ0v) is 11.1. The van der Waals surface area contributed by atoms with E-state index in [1.807, 2.05) is 40.4 Å². The summed E-state index contributed by atoms with van der Waals surface area (Å²) in [6.07, 6.45) is 3.59. The molecule has 0 unspecified atom stereocenters. The molecule has 0 saturated heterocycles. The maximum absolute atomic E-state index is 4.34. The minimum Gasteiger partial charge on any atom is -0.243 e. The number of hydrogen-bond acceptors (Lipinski definition) is 3. The van der Waals surface area contributed by atoms with E-state index < -0.39 is 0 Å². The molecule has 2 aromatic heterocycles. The first-order valence-corrected chi connectivity index (χ1v) is 6.72. The fraction of sp³-hybridized carbons (Fsp3) is 0. The normalized spacial score (nSPS) is 10.6. The van der Waals surface area contributed by atoms with E-state index in [1.54, 1.807) is 23.7 Å². The average Bonchev–Trinajstić information content (AvgIpc) is 3.00. The van der Waals surface area contributed by atoms with Gasteiger partial charge in [0.1, 0.15) is 10.7 Å². The molecule has 0 saturated carbocycles. The van der Waals surface area contributed by atoms with Crippen molar-refractivity contribution < 1.29 is 0 Å². The van der Waals surface area contributed by atoms with Crippen molar-refractivity contribution in [3.05, 3.63) is 52.6 Å². The molecule has 0 spiro atoms. The first-order chi connectivity index (χ1) is 8.34. The molecular formula is C12H8BrN3S. The van der Waals surface area contributed by atoms with Crippen LogP contribution in [0.2, 0.25) is 0 Å². The Bertz CT molecular complexity index is 614. The number of aromatic nitrogens is 3. The second kappa shape index (κ2) is 4.43. The monoisotopic (exact) mass is 305 g/mol. The molecule has 1 aromatic carbocycles. The summed E-state index contributed by atoms with van der Waals surface area (Å²) in [5.74, 6) is 0. The van der Waals surface area contributed by atoms with Crippen LogP contribution >= 0.6 is 27.3 Å². The van der Waals surface area contributed by atoms with Gasteiger partial charge in [0, 0.05) is 16.0 Å². The van der Waals surface area contributed by atoms with Crippen LogP contribution in [0.1, 0.15) is 0 Å². The summed E-state index contributed by atoms with van der Waals surface area (Å²) in [6.45, 7) is 0. The number of halogens is 1. The summed E-state index contributed by atoms with van der Waals surface area (Å²) in [7, 11) is 0. The Morgan fingerprint density at radius 2 is 1.88 bits per heavy atom. The molecule has 5 heteroatoms. The van der Waals surface area contributed by atoms with Gasteiger partial charge in [0.2, 0.25) is 0 Å². The summed E-state index contributed by atoms with van der Waals surface area (Å²) < 4.78 is 2.95. The third-order valence-corrected chi connectivity index (χ3v) is 3.69. The maximum Gasteiger partial charge on any atom is 0.141 e. The lowest BCUT2D eigenvalue weighted by Crippen LogP contribution is -1.98. The zero-order chi connectivity index (χ0) is 11.7. The van der Waals surface area contributed by atoms with E-state index in [-0.39, 0.29) is 0 Å². The minimum atomic E-state index is 0.977. The van der Waals surface area contributed by atoms with Crippen LogP contribution < -0.4 is 0 Å². The van der Waals surface area contributed by atoms with Crippen molar-refractivity contribution in [2.24, 2.45) is 0 Å². The van der Waals surface area contributed by atoms with Gasteiger partial charge in [-0.05, 0) is 30.3 Å². The van der Waals surface area contributed by atoms with E-state index in [1.165, 1.54) is 0 Å².